The third kappa shape index (κ3) is 4.75. The Bertz CT molecular complexity index is 859. The van der Waals surface area contributed by atoms with Gasteiger partial charge in [0.15, 0.2) is 0 Å². The summed E-state index contributed by atoms with van der Waals surface area (Å²) >= 11 is 0. The molecule has 1 aromatic carbocycles. The van der Waals surface area contributed by atoms with E-state index in [1.54, 1.807) is 0 Å². The molecule has 0 unspecified atom stereocenters. The van der Waals surface area contributed by atoms with Crippen molar-refractivity contribution in [3.63, 3.8) is 0 Å². The Labute approximate surface area is 180 Å². The number of rotatable bonds is 6. The third-order valence-electron chi connectivity index (χ3n) is 6.75. The lowest BCUT2D eigenvalue weighted by atomic mass is 9.96. The molecule has 0 atom stereocenters. The molecule has 2 aromatic rings. The van der Waals surface area contributed by atoms with E-state index in [1.807, 2.05) is 38.2 Å². The van der Waals surface area contributed by atoms with Crippen LogP contribution >= 0.6 is 0 Å². The predicted molar refractivity (Wildman–Crippen MR) is 124 cm³/mol. The van der Waals surface area contributed by atoms with E-state index in [2.05, 4.69) is 41.2 Å². The van der Waals surface area contributed by atoms with Gasteiger partial charge in [0.1, 0.15) is 0 Å². The quantitative estimate of drug-likeness (QED) is 0.715. The van der Waals surface area contributed by atoms with Crippen LogP contribution in [-0.4, -0.2) is 53.4 Å². The van der Waals surface area contributed by atoms with Crippen molar-refractivity contribution < 1.29 is 4.79 Å². The standard InChI is InChI=1S/C24H35N5O/c1-16-18(3)24(19(4)17(2)23(16)25)27-14-22(30)28(5)21-8-12-29(13-9-21)15-20-6-10-26-11-7-20/h6-7,10-11,21,27H,8-9,12-15,25H2,1-5H3. The second kappa shape index (κ2) is 9.47. The summed E-state index contributed by atoms with van der Waals surface area (Å²) in [6.45, 7) is 11.5. The number of carbonyl (C=O) groups is 1. The highest BCUT2D eigenvalue weighted by molar-refractivity contribution is 5.82. The van der Waals surface area contributed by atoms with Gasteiger partial charge in [-0.05, 0) is 80.5 Å². The van der Waals surface area contributed by atoms with Gasteiger partial charge in [-0.15, -0.1) is 0 Å². The lowest BCUT2D eigenvalue weighted by molar-refractivity contribution is -0.130. The number of aromatic nitrogens is 1. The summed E-state index contributed by atoms with van der Waals surface area (Å²) in [6.07, 6.45) is 5.70. The van der Waals surface area contributed by atoms with Crippen molar-refractivity contribution in [2.24, 2.45) is 0 Å². The van der Waals surface area contributed by atoms with E-state index in [9.17, 15) is 4.79 Å². The molecule has 0 saturated carbocycles. The van der Waals surface area contributed by atoms with Crippen molar-refractivity contribution in [3.05, 3.63) is 52.3 Å². The molecule has 1 aromatic heterocycles. The molecule has 1 fully saturated rings. The second-order valence-corrected chi connectivity index (χ2v) is 8.51. The summed E-state index contributed by atoms with van der Waals surface area (Å²) in [4.78, 5) is 21.3. The molecule has 3 N–H and O–H groups in total. The van der Waals surface area contributed by atoms with E-state index >= 15 is 0 Å². The maximum Gasteiger partial charge on any atom is 0.241 e. The van der Waals surface area contributed by atoms with Crippen LogP contribution in [0.2, 0.25) is 0 Å². The van der Waals surface area contributed by atoms with Crippen molar-refractivity contribution >= 4 is 17.3 Å². The number of likely N-dealkylation sites (N-methyl/N-ethyl adjacent to an activating group) is 1. The number of carbonyl (C=O) groups excluding carboxylic acids is 1. The van der Waals surface area contributed by atoms with E-state index in [4.69, 9.17) is 5.73 Å². The second-order valence-electron chi connectivity index (χ2n) is 8.51. The molecule has 1 saturated heterocycles. The topological polar surface area (TPSA) is 74.5 Å². The SMILES string of the molecule is Cc1c(C)c(NCC(=O)N(C)C2CCN(Cc3ccncc3)CC2)c(C)c(C)c1N. The monoisotopic (exact) mass is 409 g/mol. The summed E-state index contributed by atoms with van der Waals surface area (Å²) < 4.78 is 0. The van der Waals surface area contributed by atoms with Gasteiger partial charge in [-0.2, -0.15) is 0 Å². The first-order chi connectivity index (χ1) is 14.3. The lowest BCUT2D eigenvalue weighted by Crippen LogP contribution is -2.46. The molecule has 162 valence electrons. The van der Waals surface area contributed by atoms with Crippen molar-refractivity contribution in [2.45, 2.75) is 53.1 Å². The van der Waals surface area contributed by atoms with Crippen molar-refractivity contribution in [1.29, 1.82) is 0 Å². The molecule has 0 radical (unpaired) electrons. The third-order valence-corrected chi connectivity index (χ3v) is 6.75. The maximum absolute atomic E-state index is 12.9. The molecule has 6 heteroatoms. The molecule has 3 rings (SSSR count). The first-order valence-corrected chi connectivity index (χ1v) is 10.8. The molecular weight excluding hydrogens is 374 g/mol. The highest BCUT2D eigenvalue weighted by Gasteiger charge is 2.25. The Morgan fingerprint density at radius 3 is 2.23 bits per heavy atom. The van der Waals surface area contributed by atoms with Crippen molar-refractivity contribution in [3.8, 4) is 0 Å². The van der Waals surface area contributed by atoms with Crippen LogP contribution in [0.3, 0.4) is 0 Å². The van der Waals surface area contributed by atoms with Crippen LogP contribution in [0.25, 0.3) is 0 Å². The predicted octanol–water partition coefficient (Wildman–Crippen LogP) is 3.43. The van der Waals surface area contributed by atoms with Gasteiger partial charge in [-0.25, -0.2) is 0 Å². The molecule has 0 aliphatic carbocycles. The number of pyridine rings is 1. The van der Waals surface area contributed by atoms with Gasteiger partial charge in [0.05, 0.1) is 6.54 Å². The molecule has 1 aliphatic heterocycles. The summed E-state index contributed by atoms with van der Waals surface area (Å²) in [5.74, 6) is 0.133. The maximum atomic E-state index is 12.9. The van der Waals surface area contributed by atoms with Gasteiger partial charge in [0, 0.05) is 56.5 Å². The number of nitrogens with zero attached hydrogens (tertiary/aromatic N) is 3. The lowest BCUT2D eigenvalue weighted by Gasteiger charge is -2.37. The zero-order valence-electron chi connectivity index (χ0n) is 19.0. The fourth-order valence-electron chi connectivity index (χ4n) is 4.31. The number of anilines is 2. The van der Waals surface area contributed by atoms with Crippen LogP contribution in [0.1, 0.15) is 40.7 Å². The van der Waals surface area contributed by atoms with E-state index in [-0.39, 0.29) is 5.91 Å². The summed E-state index contributed by atoms with van der Waals surface area (Å²) in [7, 11) is 1.94. The molecule has 1 aliphatic rings. The van der Waals surface area contributed by atoms with Crippen molar-refractivity contribution in [1.82, 2.24) is 14.8 Å². The summed E-state index contributed by atoms with van der Waals surface area (Å²) in [6, 6.07) is 4.43. The molecule has 30 heavy (non-hydrogen) atoms. The van der Waals surface area contributed by atoms with E-state index < -0.39 is 0 Å². The summed E-state index contributed by atoms with van der Waals surface area (Å²) in [5, 5.41) is 3.39. The van der Waals surface area contributed by atoms with Crippen molar-refractivity contribution in [2.75, 3.05) is 37.7 Å². The van der Waals surface area contributed by atoms with Crippen LogP contribution in [0.15, 0.2) is 24.5 Å². The minimum absolute atomic E-state index is 0.133. The minimum atomic E-state index is 0.133. The number of likely N-dealkylation sites (tertiary alicyclic amines) is 1. The van der Waals surface area contributed by atoms with Gasteiger partial charge >= 0.3 is 0 Å². The van der Waals surface area contributed by atoms with Crippen LogP contribution in [0, 0.1) is 27.7 Å². The van der Waals surface area contributed by atoms with E-state index in [0.717, 1.165) is 66.1 Å². The van der Waals surface area contributed by atoms with Crippen LogP contribution in [0.4, 0.5) is 11.4 Å². The van der Waals surface area contributed by atoms with Gasteiger partial charge in [-0.3, -0.25) is 14.7 Å². The number of hydrogen-bond acceptors (Lipinski definition) is 5. The average Bonchev–Trinajstić information content (AvgIpc) is 2.77. The molecule has 0 bridgehead atoms. The zero-order chi connectivity index (χ0) is 21.8. The highest BCUT2D eigenvalue weighted by Crippen LogP contribution is 2.32. The average molecular weight is 410 g/mol. The number of hydrogen-bond donors (Lipinski definition) is 2. The van der Waals surface area contributed by atoms with Gasteiger partial charge in [0.2, 0.25) is 5.91 Å². The summed E-state index contributed by atoms with van der Waals surface area (Å²) in [5.41, 5.74) is 13.8. The molecular formula is C24H35N5O. The van der Waals surface area contributed by atoms with Crippen LogP contribution < -0.4 is 11.1 Å². The van der Waals surface area contributed by atoms with Gasteiger partial charge < -0.3 is 16.0 Å². The molecule has 0 spiro atoms. The highest BCUT2D eigenvalue weighted by atomic mass is 16.2. The Balaban J connectivity index is 1.54. The Kier molecular flexibility index (Phi) is 6.98. The fourth-order valence-corrected chi connectivity index (χ4v) is 4.31. The Morgan fingerprint density at radius 2 is 1.67 bits per heavy atom. The van der Waals surface area contributed by atoms with E-state index in [0.29, 0.717) is 12.6 Å². The fraction of sp³-hybridized carbons (Fsp3) is 0.500. The van der Waals surface area contributed by atoms with Crippen LogP contribution in [-0.2, 0) is 11.3 Å². The first-order valence-electron chi connectivity index (χ1n) is 10.8. The van der Waals surface area contributed by atoms with Crippen LogP contribution in [0.5, 0.6) is 0 Å². The normalized spacial score (nSPS) is 15.2. The number of piperidine rings is 1. The number of benzene rings is 1. The smallest absolute Gasteiger partial charge is 0.241 e. The number of nitrogen functional groups attached to an aromatic ring is 1. The zero-order valence-corrected chi connectivity index (χ0v) is 19.0. The number of nitrogens with one attached hydrogen (secondary N) is 1. The molecule has 2 heterocycles. The molecule has 6 nitrogen and oxygen atoms in total. The molecule has 1 amide bonds. The Hall–Kier alpha value is -2.60. The van der Waals surface area contributed by atoms with Gasteiger partial charge in [0.25, 0.3) is 0 Å². The Morgan fingerprint density at radius 1 is 1.10 bits per heavy atom. The largest absolute Gasteiger partial charge is 0.398 e. The van der Waals surface area contributed by atoms with Gasteiger partial charge in [-0.1, -0.05) is 0 Å². The minimum Gasteiger partial charge on any atom is -0.398 e. The number of nitrogens with two attached hydrogens (primary N) is 1. The van der Waals surface area contributed by atoms with E-state index in [1.165, 1.54) is 5.56 Å². The number of amides is 1. The first kappa shape index (κ1) is 22.1.